The molecular weight excluding hydrogens is 202 g/mol. The van der Waals surface area contributed by atoms with Gasteiger partial charge >= 0.3 is 0 Å². The van der Waals surface area contributed by atoms with Gasteiger partial charge in [0, 0.05) is 6.07 Å². The van der Waals surface area contributed by atoms with E-state index in [1.54, 1.807) is 10.7 Å². The molecule has 1 heterocycles. The third kappa shape index (κ3) is 1.47. The minimum Gasteiger partial charge on any atom is -0.504 e. The maximum Gasteiger partial charge on any atom is 0.213 e. The molecule has 0 aliphatic rings. The average Bonchev–Trinajstić information content (AvgIpc) is 2.57. The van der Waals surface area contributed by atoms with Crippen molar-refractivity contribution in [2.45, 2.75) is 0 Å². The Morgan fingerprint density at radius 1 is 1.29 bits per heavy atom. The molecule has 14 heavy (non-hydrogen) atoms. The van der Waals surface area contributed by atoms with E-state index in [-0.39, 0.29) is 11.5 Å². The van der Waals surface area contributed by atoms with Crippen LogP contribution in [-0.2, 0) is 0 Å². The summed E-state index contributed by atoms with van der Waals surface area (Å²) >= 11 is 4.79. The van der Waals surface area contributed by atoms with Crippen LogP contribution in [0.2, 0.25) is 0 Å². The van der Waals surface area contributed by atoms with Crippen molar-refractivity contribution in [1.82, 2.24) is 14.8 Å². The molecule has 2 aromatic rings. The molecule has 3 N–H and O–H groups in total. The largest absolute Gasteiger partial charge is 0.504 e. The van der Waals surface area contributed by atoms with Crippen molar-refractivity contribution in [3.63, 3.8) is 0 Å². The number of hydrogen-bond acceptors (Lipinski definition) is 4. The fourth-order valence-corrected chi connectivity index (χ4v) is 1.21. The van der Waals surface area contributed by atoms with Gasteiger partial charge in [0.05, 0.1) is 5.69 Å². The zero-order chi connectivity index (χ0) is 10.1. The highest BCUT2D eigenvalue weighted by Gasteiger charge is 2.01. The quantitative estimate of drug-likeness (QED) is 0.489. The lowest BCUT2D eigenvalue weighted by Crippen LogP contribution is -1.93. The molecule has 2 rings (SSSR count). The third-order valence-corrected chi connectivity index (χ3v) is 1.94. The van der Waals surface area contributed by atoms with Crippen molar-refractivity contribution in [2.75, 3.05) is 0 Å². The van der Waals surface area contributed by atoms with E-state index in [9.17, 15) is 5.11 Å². The Hall–Kier alpha value is -1.82. The maximum absolute atomic E-state index is 9.24. The van der Waals surface area contributed by atoms with Gasteiger partial charge in [-0.3, -0.25) is 5.10 Å². The highest BCUT2D eigenvalue weighted by atomic mass is 32.1. The molecule has 0 amide bonds. The lowest BCUT2D eigenvalue weighted by molar-refractivity contribution is 0.403. The summed E-state index contributed by atoms with van der Waals surface area (Å²) in [6.07, 6.45) is 1.49. The monoisotopic (exact) mass is 209 g/mol. The van der Waals surface area contributed by atoms with Crippen molar-refractivity contribution in [1.29, 1.82) is 0 Å². The average molecular weight is 209 g/mol. The normalized spacial score (nSPS) is 10.3. The first-order chi connectivity index (χ1) is 6.66. The first-order valence-electron chi connectivity index (χ1n) is 3.83. The van der Waals surface area contributed by atoms with E-state index in [0.717, 1.165) is 0 Å². The van der Waals surface area contributed by atoms with E-state index in [0.29, 0.717) is 10.5 Å². The van der Waals surface area contributed by atoms with E-state index in [1.807, 2.05) is 0 Å². The molecule has 0 saturated carbocycles. The van der Waals surface area contributed by atoms with Gasteiger partial charge in [-0.05, 0) is 24.4 Å². The number of benzene rings is 1. The highest BCUT2D eigenvalue weighted by Crippen LogP contribution is 2.25. The van der Waals surface area contributed by atoms with Gasteiger partial charge < -0.3 is 10.2 Å². The van der Waals surface area contributed by atoms with Crippen LogP contribution in [0, 0.1) is 4.77 Å². The van der Waals surface area contributed by atoms with Crippen LogP contribution in [-0.4, -0.2) is 25.0 Å². The summed E-state index contributed by atoms with van der Waals surface area (Å²) in [5.41, 5.74) is 0.643. The van der Waals surface area contributed by atoms with E-state index < -0.39 is 0 Å². The Balaban J connectivity index is 2.52. The van der Waals surface area contributed by atoms with Crippen molar-refractivity contribution < 1.29 is 10.2 Å². The van der Waals surface area contributed by atoms with Crippen molar-refractivity contribution in [3.05, 3.63) is 29.3 Å². The molecular formula is C8H7N3O2S. The molecule has 0 fully saturated rings. The molecule has 0 atom stereocenters. The Morgan fingerprint density at radius 2 is 2.07 bits per heavy atom. The molecule has 0 radical (unpaired) electrons. The summed E-state index contributed by atoms with van der Waals surface area (Å²) in [5, 5.41) is 21.1. The molecule has 0 aliphatic heterocycles. The highest BCUT2D eigenvalue weighted by molar-refractivity contribution is 7.71. The number of H-pyrrole nitrogens is 1. The zero-order valence-electron chi connectivity index (χ0n) is 7.01. The van der Waals surface area contributed by atoms with Crippen LogP contribution in [0.5, 0.6) is 11.5 Å². The van der Waals surface area contributed by atoms with E-state index in [2.05, 4.69) is 10.1 Å². The van der Waals surface area contributed by atoms with E-state index in [1.165, 1.54) is 18.5 Å². The van der Waals surface area contributed by atoms with Crippen LogP contribution < -0.4 is 0 Å². The summed E-state index contributed by atoms with van der Waals surface area (Å²) in [7, 11) is 0. The summed E-state index contributed by atoms with van der Waals surface area (Å²) in [6, 6.07) is 4.42. The lowest BCUT2D eigenvalue weighted by Gasteiger charge is -2.02. The number of nitrogens with zero attached hydrogens (tertiary/aromatic N) is 2. The van der Waals surface area contributed by atoms with Crippen LogP contribution in [0.4, 0.5) is 0 Å². The zero-order valence-corrected chi connectivity index (χ0v) is 7.82. The number of aromatic amines is 1. The molecule has 0 aliphatic carbocycles. The van der Waals surface area contributed by atoms with Gasteiger partial charge in [0.2, 0.25) is 4.77 Å². The smallest absolute Gasteiger partial charge is 0.213 e. The topological polar surface area (TPSA) is 74.1 Å². The molecule has 72 valence electrons. The van der Waals surface area contributed by atoms with Crippen LogP contribution in [0.1, 0.15) is 0 Å². The summed E-state index contributed by atoms with van der Waals surface area (Å²) in [4.78, 5) is 3.82. The number of rotatable bonds is 1. The first-order valence-corrected chi connectivity index (χ1v) is 4.23. The number of phenolic OH excluding ortho intramolecular Hbond substituents is 2. The molecule has 0 unspecified atom stereocenters. The predicted octanol–water partition coefficient (Wildman–Crippen LogP) is 1.34. The van der Waals surface area contributed by atoms with Gasteiger partial charge in [-0.1, -0.05) is 0 Å². The van der Waals surface area contributed by atoms with Crippen molar-refractivity contribution in [2.24, 2.45) is 0 Å². The van der Waals surface area contributed by atoms with Gasteiger partial charge in [0.1, 0.15) is 6.33 Å². The van der Waals surface area contributed by atoms with Gasteiger partial charge in [-0.25, -0.2) is 9.67 Å². The number of phenols is 2. The Kier molecular flexibility index (Phi) is 1.97. The second-order valence-corrected chi connectivity index (χ2v) is 3.09. The number of nitrogens with one attached hydrogen (secondary N) is 1. The fraction of sp³-hybridized carbons (Fsp3) is 0. The van der Waals surface area contributed by atoms with Crippen LogP contribution in [0.3, 0.4) is 0 Å². The minimum absolute atomic E-state index is 0.160. The third-order valence-electron chi connectivity index (χ3n) is 1.74. The summed E-state index contributed by atoms with van der Waals surface area (Å²) in [5.74, 6) is -0.344. The molecule has 5 nitrogen and oxygen atoms in total. The fourth-order valence-electron chi connectivity index (χ4n) is 1.06. The van der Waals surface area contributed by atoms with Crippen molar-refractivity contribution >= 4 is 12.2 Å². The SMILES string of the molecule is Oc1ccc(-n2cnc(=S)[nH]2)cc1O. The summed E-state index contributed by atoms with van der Waals surface area (Å²) < 4.78 is 1.90. The number of aromatic hydroxyl groups is 2. The van der Waals surface area contributed by atoms with E-state index >= 15 is 0 Å². The molecule has 0 bridgehead atoms. The van der Waals surface area contributed by atoms with E-state index in [4.69, 9.17) is 17.3 Å². The lowest BCUT2D eigenvalue weighted by atomic mass is 10.3. The Labute approximate surface area is 84.3 Å². The standard InChI is InChI=1S/C8H7N3O2S/c12-6-2-1-5(3-7(6)13)11-4-9-8(14)10-11/h1-4,12-13H,(H,10,14). The van der Waals surface area contributed by atoms with Gasteiger partial charge in [-0.2, -0.15) is 0 Å². The first kappa shape index (κ1) is 8.76. The molecule has 0 spiro atoms. The van der Waals surface area contributed by atoms with Crippen molar-refractivity contribution in [3.8, 4) is 17.2 Å². The van der Waals surface area contributed by atoms with Gasteiger partial charge in [-0.15, -0.1) is 0 Å². The van der Waals surface area contributed by atoms with Gasteiger partial charge in [0.15, 0.2) is 11.5 Å². The molecule has 0 saturated heterocycles. The maximum atomic E-state index is 9.24. The summed E-state index contributed by atoms with van der Waals surface area (Å²) in [6.45, 7) is 0. The van der Waals surface area contributed by atoms with Crippen LogP contribution in [0.25, 0.3) is 5.69 Å². The Morgan fingerprint density at radius 3 is 2.64 bits per heavy atom. The second-order valence-electron chi connectivity index (χ2n) is 2.70. The van der Waals surface area contributed by atoms with Gasteiger partial charge in [0.25, 0.3) is 0 Å². The number of aromatic nitrogens is 3. The molecule has 1 aromatic carbocycles. The molecule has 1 aromatic heterocycles. The molecule has 6 heteroatoms. The minimum atomic E-state index is -0.185. The second kappa shape index (κ2) is 3.15. The Bertz CT molecular complexity index is 517. The van der Waals surface area contributed by atoms with Crippen LogP contribution in [0.15, 0.2) is 24.5 Å². The number of hydrogen-bond donors (Lipinski definition) is 3. The van der Waals surface area contributed by atoms with Crippen LogP contribution >= 0.6 is 12.2 Å². The predicted molar refractivity (Wildman–Crippen MR) is 52.1 cm³/mol.